The van der Waals surface area contributed by atoms with Gasteiger partial charge < -0.3 is 14.9 Å². The average molecular weight is 423 g/mol. The van der Waals surface area contributed by atoms with Crippen molar-refractivity contribution in [2.45, 2.75) is 66.4 Å². The third-order valence-electron chi connectivity index (χ3n) is 5.81. The minimum Gasteiger partial charge on any atom is -0.389 e. The Morgan fingerprint density at radius 1 is 1.19 bits per heavy atom. The van der Waals surface area contributed by atoms with Crippen molar-refractivity contribution in [3.8, 4) is 0 Å². The van der Waals surface area contributed by atoms with E-state index < -0.39 is 0 Å². The van der Waals surface area contributed by atoms with Crippen LogP contribution in [-0.2, 0) is 4.79 Å². The minimum atomic E-state index is -0.379. The summed E-state index contributed by atoms with van der Waals surface area (Å²) in [5.74, 6) is 0.0155. The van der Waals surface area contributed by atoms with Gasteiger partial charge in [0.1, 0.15) is 0 Å². The van der Waals surface area contributed by atoms with Gasteiger partial charge in [-0.1, -0.05) is 62.8 Å². The fraction of sp³-hybridized carbons (Fsp3) is 0.444. The minimum absolute atomic E-state index is 0.0155. The highest BCUT2D eigenvalue weighted by Crippen LogP contribution is 2.30. The summed E-state index contributed by atoms with van der Waals surface area (Å²) in [6.45, 7) is 19.9. The number of carbonyl (C=O) groups is 1. The first-order chi connectivity index (χ1) is 14.7. The second-order valence-electron chi connectivity index (χ2n) is 8.61. The van der Waals surface area contributed by atoms with Crippen LogP contribution in [0.25, 0.3) is 0 Å². The maximum atomic E-state index is 12.2. The van der Waals surface area contributed by atoms with Gasteiger partial charge in [-0.3, -0.25) is 4.79 Å². The number of carbonyl (C=O) groups excluding carboxylic acids is 1. The predicted molar refractivity (Wildman–Crippen MR) is 130 cm³/mol. The predicted octanol–water partition coefficient (Wildman–Crippen LogP) is 5.78. The van der Waals surface area contributed by atoms with E-state index in [1.165, 1.54) is 16.8 Å². The molecule has 0 aliphatic carbocycles. The van der Waals surface area contributed by atoms with Crippen LogP contribution in [0.2, 0.25) is 0 Å². The van der Waals surface area contributed by atoms with Crippen molar-refractivity contribution < 1.29 is 9.90 Å². The van der Waals surface area contributed by atoms with Crippen molar-refractivity contribution in [2.75, 3.05) is 13.1 Å². The number of hydrogen-bond acceptors (Lipinski definition) is 3. The van der Waals surface area contributed by atoms with Crippen LogP contribution < -0.4 is 0 Å². The Labute approximate surface area is 188 Å². The fourth-order valence-electron chi connectivity index (χ4n) is 3.87. The molecule has 4 nitrogen and oxygen atoms in total. The lowest BCUT2D eigenvalue weighted by Crippen LogP contribution is -2.53. The summed E-state index contributed by atoms with van der Waals surface area (Å²) in [5.41, 5.74) is 7.84. The first-order valence-electron chi connectivity index (χ1n) is 11.2. The maximum Gasteiger partial charge on any atom is 0.227 e. The summed E-state index contributed by atoms with van der Waals surface area (Å²) in [6, 6.07) is 0. The van der Waals surface area contributed by atoms with E-state index in [1.807, 2.05) is 12.2 Å². The Bertz CT molecular complexity index is 873. The summed E-state index contributed by atoms with van der Waals surface area (Å²) >= 11 is 0. The van der Waals surface area contributed by atoms with Gasteiger partial charge in [-0.2, -0.15) is 0 Å². The Kier molecular flexibility index (Phi) is 8.88. The second-order valence-corrected chi connectivity index (χ2v) is 8.61. The van der Waals surface area contributed by atoms with Gasteiger partial charge in [0.15, 0.2) is 0 Å². The van der Waals surface area contributed by atoms with E-state index in [-0.39, 0.29) is 18.4 Å². The molecule has 1 fully saturated rings. The van der Waals surface area contributed by atoms with Crippen LogP contribution in [0.5, 0.6) is 0 Å². The molecule has 0 atom stereocenters. The molecule has 1 saturated heterocycles. The number of amides is 1. The summed E-state index contributed by atoms with van der Waals surface area (Å²) in [5, 5.41) is 9.38. The molecule has 0 radical (unpaired) electrons. The van der Waals surface area contributed by atoms with Crippen molar-refractivity contribution in [1.29, 1.82) is 0 Å². The van der Waals surface area contributed by atoms with Crippen LogP contribution in [0, 0.1) is 0 Å². The molecule has 0 aromatic rings. The summed E-state index contributed by atoms with van der Waals surface area (Å²) < 4.78 is 0. The van der Waals surface area contributed by atoms with E-state index in [0.29, 0.717) is 13.1 Å². The SMILES string of the molecule is C=C(/C=C\C(C1=CN(/C(C)=C(/CC)CCC)C(=C)C=C1)=C(C)C)CC(=O)N1CC(O)C1. The zero-order valence-electron chi connectivity index (χ0n) is 19.9. The van der Waals surface area contributed by atoms with Crippen molar-refractivity contribution in [2.24, 2.45) is 0 Å². The van der Waals surface area contributed by atoms with Crippen molar-refractivity contribution in [1.82, 2.24) is 9.80 Å². The standard InChI is InChI=1S/C27H38N2O2/c1-8-10-23(9-2)22(7)29-16-24(13-12-21(29)6)26(19(3)4)14-11-20(5)15-27(31)28-17-25(30)18-28/h11-14,16,25,30H,5-6,8-10,15,17-18H2,1-4,7H3/b14-11-,23-22-. The largest absolute Gasteiger partial charge is 0.389 e. The quantitative estimate of drug-likeness (QED) is 0.479. The Balaban J connectivity index is 2.20. The highest BCUT2D eigenvalue weighted by molar-refractivity contribution is 5.80. The molecule has 4 heteroatoms. The van der Waals surface area contributed by atoms with Gasteiger partial charge in [-0.25, -0.2) is 0 Å². The van der Waals surface area contributed by atoms with Gasteiger partial charge >= 0.3 is 0 Å². The molecule has 0 aromatic carbocycles. The van der Waals surface area contributed by atoms with Crippen molar-refractivity contribution >= 4 is 5.91 Å². The van der Waals surface area contributed by atoms with Crippen LogP contribution in [0.3, 0.4) is 0 Å². The molecule has 2 aliphatic rings. The molecule has 2 heterocycles. The number of rotatable bonds is 9. The number of likely N-dealkylation sites (tertiary alicyclic amines) is 1. The lowest BCUT2D eigenvalue weighted by atomic mass is 9.97. The number of aliphatic hydroxyl groups is 1. The number of allylic oxidation sites excluding steroid dienone is 9. The lowest BCUT2D eigenvalue weighted by Gasteiger charge is -2.36. The average Bonchev–Trinajstić information content (AvgIpc) is 2.70. The van der Waals surface area contributed by atoms with E-state index in [2.05, 4.69) is 71.0 Å². The Morgan fingerprint density at radius 3 is 2.42 bits per heavy atom. The van der Waals surface area contributed by atoms with Gasteiger partial charge in [0.25, 0.3) is 0 Å². The molecule has 31 heavy (non-hydrogen) atoms. The fourth-order valence-corrected chi connectivity index (χ4v) is 3.87. The van der Waals surface area contributed by atoms with Gasteiger partial charge in [-0.15, -0.1) is 0 Å². The number of β-amino-alcohol motifs (C(OH)–C–C–N with tert-alkyl or cyclic N) is 1. The normalized spacial score (nSPS) is 17.5. The molecule has 168 valence electrons. The van der Waals surface area contributed by atoms with E-state index in [1.54, 1.807) is 4.90 Å². The van der Waals surface area contributed by atoms with Crippen molar-refractivity contribution in [3.63, 3.8) is 0 Å². The highest BCUT2D eigenvalue weighted by Gasteiger charge is 2.28. The molecular formula is C27H38N2O2. The first kappa shape index (κ1) is 24.7. The Hall–Kier alpha value is -2.59. The number of aliphatic hydroxyl groups excluding tert-OH is 1. The monoisotopic (exact) mass is 422 g/mol. The van der Waals surface area contributed by atoms with Crippen LogP contribution in [0.4, 0.5) is 0 Å². The molecule has 0 aromatic heterocycles. The second kappa shape index (κ2) is 11.1. The number of nitrogens with zero attached hydrogens (tertiary/aromatic N) is 2. The molecule has 0 bridgehead atoms. The molecule has 0 saturated carbocycles. The summed E-state index contributed by atoms with van der Waals surface area (Å²) in [6.07, 6.45) is 13.4. The molecule has 1 amide bonds. The molecule has 2 aliphatic heterocycles. The van der Waals surface area contributed by atoms with Crippen molar-refractivity contribution in [3.05, 3.63) is 82.9 Å². The smallest absolute Gasteiger partial charge is 0.227 e. The Morgan fingerprint density at radius 2 is 1.87 bits per heavy atom. The topological polar surface area (TPSA) is 43.8 Å². The van der Waals surface area contributed by atoms with Crippen LogP contribution in [0.15, 0.2) is 82.9 Å². The van der Waals surface area contributed by atoms with E-state index in [0.717, 1.165) is 41.7 Å². The van der Waals surface area contributed by atoms with Crippen LogP contribution in [0.1, 0.15) is 60.3 Å². The maximum absolute atomic E-state index is 12.2. The van der Waals surface area contributed by atoms with Crippen LogP contribution >= 0.6 is 0 Å². The van der Waals surface area contributed by atoms with E-state index >= 15 is 0 Å². The van der Waals surface area contributed by atoms with Gasteiger partial charge in [-0.05, 0) is 56.4 Å². The van der Waals surface area contributed by atoms with E-state index in [9.17, 15) is 9.90 Å². The zero-order valence-corrected chi connectivity index (χ0v) is 19.9. The van der Waals surface area contributed by atoms with Gasteiger partial charge in [0.2, 0.25) is 5.91 Å². The number of hydrogen-bond donors (Lipinski definition) is 1. The van der Waals surface area contributed by atoms with Gasteiger partial charge in [0, 0.05) is 30.7 Å². The molecular weight excluding hydrogens is 384 g/mol. The summed E-state index contributed by atoms with van der Waals surface area (Å²) in [7, 11) is 0. The lowest BCUT2D eigenvalue weighted by molar-refractivity contribution is -0.140. The summed E-state index contributed by atoms with van der Waals surface area (Å²) in [4.78, 5) is 16.1. The third-order valence-corrected chi connectivity index (χ3v) is 5.81. The highest BCUT2D eigenvalue weighted by atomic mass is 16.3. The third kappa shape index (κ3) is 6.44. The molecule has 0 spiro atoms. The van der Waals surface area contributed by atoms with E-state index in [4.69, 9.17) is 0 Å². The zero-order chi connectivity index (χ0) is 23.1. The first-order valence-corrected chi connectivity index (χ1v) is 11.2. The molecule has 2 rings (SSSR count). The van der Waals surface area contributed by atoms with Gasteiger partial charge in [0.05, 0.1) is 12.5 Å². The molecule has 0 unspecified atom stereocenters. The molecule has 1 N–H and O–H groups in total. The van der Waals surface area contributed by atoms with Crippen LogP contribution in [-0.4, -0.2) is 40.0 Å².